The summed E-state index contributed by atoms with van der Waals surface area (Å²) < 4.78 is 42.1. The Hall–Kier alpha value is -7.53. The van der Waals surface area contributed by atoms with Gasteiger partial charge in [0.15, 0.2) is 17.4 Å². The van der Waals surface area contributed by atoms with Gasteiger partial charge in [0.1, 0.15) is 46.9 Å². The quantitative estimate of drug-likeness (QED) is 0.0771. The third-order valence-electron chi connectivity index (χ3n) is 17.8. The maximum absolute atomic E-state index is 17.4. The zero-order valence-electron chi connectivity index (χ0n) is 50.7. The van der Waals surface area contributed by atoms with Gasteiger partial charge < -0.3 is 49.0 Å². The minimum atomic E-state index is -0.844. The molecule has 0 aliphatic carbocycles. The Morgan fingerprint density at radius 1 is 0.908 bits per heavy atom. The van der Waals surface area contributed by atoms with Gasteiger partial charge >= 0.3 is 12.1 Å². The molecule has 6 atom stereocenters. The van der Waals surface area contributed by atoms with Crippen LogP contribution in [0.5, 0.6) is 11.8 Å². The van der Waals surface area contributed by atoms with Gasteiger partial charge in [-0.1, -0.05) is 68.4 Å². The van der Waals surface area contributed by atoms with Crippen LogP contribution in [0.15, 0.2) is 76.9 Å². The molecule has 5 aliphatic heterocycles. The van der Waals surface area contributed by atoms with Gasteiger partial charge in [-0.15, -0.1) is 11.3 Å². The van der Waals surface area contributed by atoms with Crippen LogP contribution in [0.1, 0.15) is 115 Å². The van der Waals surface area contributed by atoms with Crippen molar-refractivity contribution in [3.8, 4) is 33.5 Å². The number of likely N-dealkylation sites (tertiary alicyclic amines) is 2. The minimum Gasteiger partial charge on any atom is -0.508 e. The molecule has 2 unspecified atom stereocenters. The third-order valence-corrected chi connectivity index (χ3v) is 18.8. The molecule has 22 heteroatoms. The summed E-state index contributed by atoms with van der Waals surface area (Å²) in [5.41, 5.74) is 5.73. The number of pyridine rings is 1. The van der Waals surface area contributed by atoms with Crippen molar-refractivity contribution in [1.29, 1.82) is 0 Å². The smallest absolute Gasteiger partial charge is 0.410 e. The summed E-state index contributed by atoms with van der Waals surface area (Å²) in [6.07, 6.45) is 4.57. The Morgan fingerprint density at radius 2 is 1.66 bits per heavy atom. The van der Waals surface area contributed by atoms with Crippen molar-refractivity contribution in [2.45, 2.75) is 148 Å². The van der Waals surface area contributed by atoms with E-state index in [0.29, 0.717) is 67.5 Å². The number of piperidine rings is 1. The number of amides is 3. The van der Waals surface area contributed by atoms with Crippen LogP contribution in [0.2, 0.25) is 0 Å². The van der Waals surface area contributed by atoms with E-state index in [0.717, 1.165) is 76.8 Å². The number of benzene rings is 3. The zero-order valence-corrected chi connectivity index (χ0v) is 51.6. The first kappa shape index (κ1) is 59.8. The number of halogens is 1. The molecule has 3 N–H and O–H groups in total. The van der Waals surface area contributed by atoms with E-state index in [9.17, 15) is 24.6 Å². The van der Waals surface area contributed by atoms with Crippen LogP contribution in [0.4, 0.5) is 20.8 Å². The monoisotopic (exact) mass is 1210 g/mol. The van der Waals surface area contributed by atoms with Gasteiger partial charge in [-0.3, -0.25) is 24.4 Å². The number of hydrogen-bond acceptors (Lipinski definition) is 18. The molecular weight excluding hydrogens is 1130 g/mol. The summed E-state index contributed by atoms with van der Waals surface area (Å²) in [6, 6.07) is 17.5. The van der Waals surface area contributed by atoms with E-state index in [-0.39, 0.29) is 96.7 Å². The number of aromatic hydroxyl groups is 1. The molecule has 460 valence electrons. The first-order valence-corrected chi connectivity index (χ1v) is 31.5. The van der Waals surface area contributed by atoms with Crippen LogP contribution in [-0.2, 0) is 25.5 Å². The lowest BCUT2D eigenvalue weighted by Gasteiger charge is -2.42. The molecule has 20 nitrogen and oxygen atoms in total. The van der Waals surface area contributed by atoms with Crippen LogP contribution < -0.4 is 19.9 Å². The molecule has 12 rings (SSSR count). The van der Waals surface area contributed by atoms with Crippen molar-refractivity contribution >= 4 is 62.6 Å². The number of β-amino-alcohol motifs (C(OH)–C–C–N with tert-alkyl or cyclic N) is 1. The van der Waals surface area contributed by atoms with Gasteiger partial charge in [0.2, 0.25) is 11.8 Å². The number of hydrogen-bond donors (Lipinski definition) is 3. The van der Waals surface area contributed by atoms with Crippen molar-refractivity contribution < 1.29 is 47.7 Å². The molecule has 9 heterocycles. The van der Waals surface area contributed by atoms with E-state index in [1.54, 1.807) is 29.7 Å². The molecule has 5 fully saturated rings. The highest BCUT2D eigenvalue weighted by Gasteiger charge is 2.47. The van der Waals surface area contributed by atoms with Crippen LogP contribution in [0, 0.1) is 18.7 Å². The Labute approximate surface area is 510 Å². The number of anilines is 2. The van der Waals surface area contributed by atoms with Crippen molar-refractivity contribution in [3.63, 3.8) is 0 Å². The van der Waals surface area contributed by atoms with E-state index in [1.165, 1.54) is 4.90 Å². The Kier molecular flexibility index (Phi) is 16.9. The largest absolute Gasteiger partial charge is 0.508 e. The van der Waals surface area contributed by atoms with Crippen LogP contribution >= 0.6 is 11.3 Å². The van der Waals surface area contributed by atoms with E-state index < -0.39 is 29.5 Å². The average molecular weight is 1210 g/mol. The second-order valence-electron chi connectivity index (χ2n) is 25.4. The van der Waals surface area contributed by atoms with Gasteiger partial charge in [-0.05, 0) is 112 Å². The highest BCUT2D eigenvalue weighted by molar-refractivity contribution is 7.13. The third kappa shape index (κ3) is 12.4. The van der Waals surface area contributed by atoms with Gasteiger partial charge in [0, 0.05) is 76.6 Å². The normalized spacial score (nSPS) is 21.0. The number of ether oxygens (including phenoxy) is 3. The Bertz CT molecular complexity index is 3660. The number of phenolic OH excluding ortho intramolecular Hbond substituents is 1. The molecule has 3 aromatic carbocycles. The van der Waals surface area contributed by atoms with Gasteiger partial charge in [-0.25, -0.2) is 14.2 Å². The standard InChI is InChI=1S/C65H78FN11O9S/c1-9-39-11-10-12-42-25-45(78)26-49(55(39)42)57-56(66)58-50(29-67-57)60(75-30-43-17-18-44(31-75)77(43)64(82)85-65(6,7)8)71-63(70-58)83-24-23-73-21-19-47(20-22-73)84-48-33-74(34-48)53-28-52(86-72-53)54(36(2)3)62(81)76-32-46(79)27-51(76)61(80)69-37(4)40-13-15-41(16-14-40)59-38(5)68-35-87-59/h10-16,25-26,28-29,35-37,43-44,46-48,51,54,78-79H,9,17-24,27,30-34H2,1-8H3,(H,69,80)/t37-,43?,44?,46+,51-,54+/m0/s1. The number of aliphatic hydroxyl groups excluding tert-OH is 1. The number of phenols is 1. The maximum Gasteiger partial charge on any atom is 0.410 e. The lowest BCUT2D eigenvalue weighted by Crippen LogP contribution is -2.57. The first-order chi connectivity index (χ1) is 41.8. The molecular formula is C65H78FN11O9S. The summed E-state index contributed by atoms with van der Waals surface area (Å²) in [5, 5.41) is 31.2. The molecule has 0 spiro atoms. The molecule has 0 saturated carbocycles. The number of fused-ring (bicyclic) bond motifs is 4. The lowest BCUT2D eigenvalue weighted by atomic mass is 9.91. The van der Waals surface area contributed by atoms with Gasteiger partial charge in [0.05, 0.1) is 57.9 Å². The van der Waals surface area contributed by atoms with Crippen molar-refractivity contribution in [3.05, 3.63) is 101 Å². The SMILES string of the molecule is CCc1cccc2cc(O)cc(-c3ncc4c(N5CC6CCC(C5)N6C(=O)OC(C)(C)C)nc(OCCN5CCC(OC6CN(c7cc([C@H](C(=O)N8C[C@H](O)C[C@H]8C(=O)N[C@@H](C)c8ccc(-c9scnc9C)cc8)C(C)C)on7)C6)CC5)nc4c3F)c12. The molecule has 4 aromatic heterocycles. The predicted molar refractivity (Wildman–Crippen MR) is 329 cm³/mol. The van der Waals surface area contributed by atoms with E-state index in [1.807, 2.05) is 114 Å². The molecule has 3 amide bonds. The zero-order chi connectivity index (χ0) is 61.0. The molecule has 7 aromatic rings. The van der Waals surface area contributed by atoms with Crippen molar-refractivity contribution in [2.75, 3.05) is 68.8 Å². The molecule has 5 saturated heterocycles. The van der Waals surface area contributed by atoms with Crippen molar-refractivity contribution in [1.82, 2.24) is 45.1 Å². The first-order valence-electron chi connectivity index (χ1n) is 30.7. The number of aliphatic hydroxyl groups is 1. The van der Waals surface area contributed by atoms with Crippen LogP contribution in [0.3, 0.4) is 0 Å². The van der Waals surface area contributed by atoms with Crippen LogP contribution in [-0.4, -0.2) is 169 Å². The number of thiazole rings is 1. The topological polar surface area (TPSA) is 225 Å². The number of aromatic nitrogens is 5. The summed E-state index contributed by atoms with van der Waals surface area (Å²) in [4.78, 5) is 71.4. The van der Waals surface area contributed by atoms with E-state index in [2.05, 4.69) is 30.2 Å². The number of aryl methyl sites for hydroxylation is 2. The molecule has 0 radical (unpaired) electrons. The second kappa shape index (κ2) is 24.6. The molecule has 87 heavy (non-hydrogen) atoms. The second-order valence-corrected chi connectivity index (χ2v) is 26.3. The number of carbonyl (C=O) groups excluding carboxylic acids is 3. The number of piperazine rings is 1. The molecule has 5 aliphatic rings. The number of nitrogens with zero attached hydrogens (tertiary/aromatic N) is 10. The number of rotatable bonds is 17. The highest BCUT2D eigenvalue weighted by atomic mass is 32.1. The fourth-order valence-electron chi connectivity index (χ4n) is 13.4. The summed E-state index contributed by atoms with van der Waals surface area (Å²) in [7, 11) is 0. The highest BCUT2D eigenvalue weighted by Crippen LogP contribution is 2.42. The fraction of sp³-hybridized carbons (Fsp3) is 0.508. The predicted octanol–water partition coefficient (Wildman–Crippen LogP) is 9.59. The Morgan fingerprint density at radius 3 is 2.34 bits per heavy atom. The maximum atomic E-state index is 17.4. The Balaban J connectivity index is 0.656. The lowest BCUT2D eigenvalue weighted by molar-refractivity contribution is -0.141. The van der Waals surface area contributed by atoms with Gasteiger partial charge in [-0.2, -0.15) is 9.97 Å². The van der Waals surface area contributed by atoms with Crippen LogP contribution in [0.25, 0.3) is 43.4 Å². The summed E-state index contributed by atoms with van der Waals surface area (Å²) in [6.45, 7) is 20.0. The summed E-state index contributed by atoms with van der Waals surface area (Å²) >= 11 is 1.59. The van der Waals surface area contributed by atoms with Crippen molar-refractivity contribution in [2.24, 2.45) is 5.92 Å². The van der Waals surface area contributed by atoms with E-state index >= 15 is 4.39 Å². The fourth-order valence-corrected chi connectivity index (χ4v) is 14.2. The summed E-state index contributed by atoms with van der Waals surface area (Å²) in [5.74, 6) is -0.646. The van der Waals surface area contributed by atoms with Gasteiger partial charge in [0.25, 0.3) is 0 Å². The minimum absolute atomic E-state index is 0.000876. The number of carbonyl (C=O) groups is 3. The van der Waals surface area contributed by atoms with E-state index in [4.69, 9.17) is 33.7 Å². The molecule has 2 bridgehead atoms. The average Bonchev–Trinajstić information content (AvgIpc) is 1.93. The number of nitrogens with one attached hydrogen (secondary N) is 1.